The summed E-state index contributed by atoms with van der Waals surface area (Å²) < 4.78 is 49.0. The molecule has 1 aromatic carbocycles. The van der Waals surface area contributed by atoms with E-state index in [0.717, 1.165) is 12.5 Å². The highest BCUT2D eigenvalue weighted by Gasteiger charge is 2.41. The molecule has 0 amide bonds. The van der Waals surface area contributed by atoms with Crippen molar-refractivity contribution in [1.82, 2.24) is 0 Å². The van der Waals surface area contributed by atoms with Crippen LogP contribution in [0.1, 0.15) is 30.4 Å². The average Bonchev–Trinajstić information content (AvgIpc) is 2.33. The lowest BCUT2D eigenvalue weighted by Crippen LogP contribution is -2.43. The van der Waals surface area contributed by atoms with Crippen molar-refractivity contribution >= 4 is 0 Å². The zero-order valence-electron chi connectivity index (χ0n) is 10.8. The number of rotatable bonds is 3. The number of alkyl halides is 3. The third kappa shape index (κ3) is 2.36. The molecule has 2 rings (SSSR count). The van der Waals surface area contributed by atoms with Gasteiger partial charge in [0.15, 0.2) is 11.5 Å². The smallest absolute Gasteiger partial charge is 0.420 e. The summed E-state index contributed by atoms with van der Waals surface area (Å²) in [6.07, 6.45) is -2.22. The summed E-state index contributed by atoms with van der Waals surface area (Å²) >= 11 is 0. The summed E-state index contributed by atoms with van der Waals surface area (Å²) in [6, 6.07) is 2.60. The van der Waals surface area contributed by atoms with Crippen LogP contribution in [-0.2, 0) is 11.7 Å². The Hall–Kier alpha value is -1.43. The first-order valence-electron chi connectivity index (χ1n) is 5.94. The molecule has 1 aliphatic rings. The summed E-state index contributed by atoms with van der Waals surface area (Å²) in [5, 5.41) is 0. The van der Waals surface area contributed by atoms with Crippen molar-refractivity contribution in [2.45, 2.75) is 31.0 Å². The van der Waals surface area contributed by atoms with Crippen LogP contribution in [0, 0.1) is 0 Å². The predicted octanol–water partition coefficient (Wildman–Crippen LogP) is 3.06. The molecular formula is C13H16F3NO2. The van der Waals surface area contributed by atoms with Crippen LogP contribution in [0.2, 0.25) is 0 Å². The Balaban J connectivity index is 2.60. The largest absolute Gasteiger partial charge is 0.493 e. The fourth-order valence-corrected chi connectivity index (χ4v) is 2.31. The molecular weight excluding hydrogens is 259 g/mol. The highest BCUT2D eigenvalue weighted by atomic mass is 19.4. The van der Waals surface area contributed by atoms with Crippen LogP contribution in [0.3, 0.4) is 0 Å². The Labute approximate surface area is 109 Å². The molecule has 0 saturated heterocycles. The van der Waals surface area contributed by atoms with E-state index >= 15 is 0 Å². The third-order valence-corrected chi connectivity index (χ3v) is 3.60. The molecule has 0 unspecified atom stereocenters. The van der Waals surface area contributed by atoms with Gasteiger partial charge >= 0.3 is 6.18 Å². The van der Waals surface area contributed by atoms with E-state index in [4.69, 9.17) is 15.2 Å². The summed E-state index contributed by atoms with van der Waals surface area (Å²) in [4.78, 5) is 0. The quantitative estimate of drug-likeness (QED) is 0.922. The number of nitrogens with two attached hydrogens (primary N) is 1. The maximum absolute atomic E-state index is 13.1. The Morgan fingerprint density at radius 1 is 1.16 bits per heavy atom. The van der Waals surface area contributed by atoms with Crippen molar-refractivity contribution in [3.63, 3.8) is 0 Å². The minimum absolute atomic E-state index is 0.0593. The molecule has 2 N–H and O–H groups in total. The molecule has 1 saturated carbocycles. The van der Waals surface area contributed by atoms with Crippen molar-refractivity contribution in [3.8, 4) is 11.5 Å². The first-order chi connectivity index (χ1) is 8.81. The van der Waals surface area contributed by atoms with Crippen LogP contribution >= 0.6 is 0 Å². The van der Waals surface area contributed by atoms with E-state index in [2.05, 4.69) is 0 Å². The van der Waals surface area contributed by atoms with Crippen molar-refractivity contribution in [1.29, 1.82) is 0 Å². The molecule has 1 aliphatic carbocycles. The highest BCUT2D eigenvalue weighted by molar-refractivity contribution is 5.52. The molecule has 1 fully saturated rings. The van der Waals surface area contributed by atoms with Crippen LogP contribution in [0.5, 0.6) is 11.5 Å². The SMILES string of the molecule is COc1cc(C2(N)CCC2)cc(C(F)(F)F)c1OC. The Morgan fingerprint density at radius 3 is 2.16 bits per heavy atom. The van der Waals surface area contributed by atoms with E-state index in [1.54, 1.807) is 0 Å². The summed E-state index contributed by atoms with van der Waals surface area (Å²) in [7, 11) is 2.50. The van der Waals surface area contributed by atoms with Gasteiger partial charge in [0.05, 0.1) is 14.2 Å². The van der Waals surface area contributed by atoms with E-state index in [1.807, 2.05) is 0 Å². The number of hydrogen-bond acceptors (Lipinski definition) is 3. The van der Waals surface area contributed by atoms with Crippen LogP contribution in [0.25, 0.3) is 0 Å². The monoisotopic (exact) mass is 275 g/mol. The molecule has 0 heterocycles. The van der Waals surface area contributed by atoms with Gasteiger partial charge in [-0.1, -0.05) is 0 Å². The molecule has 3 nitrogen and oxygen atoms in total. The zero-order valence-corrected chi connectivity index (χ0v) is 10.8. The number of benzene rings is 1. The second-order valence-electron chi connectivity index (χ2n) is 4.77. The lowest BCUT2D eigenvalue weighted by atomic mass is 9.72. The maximum atomic E-state index is 13.1. The molecule has 0 bridgehead atoms. The number of methoxy groups -OCH3 is 2. The van der Waals surface area contributed by atoms with E-state index < -0.39 is 17.3 Å². The molecule has 19 heavy (non-hydrogen) atoms. The summed E-state index contributed by atoms with van der Waals surface area (Å²) in [5.41, 5.74) is 5.01. The zero-order chi connectivity index (χ0) is 14.3. The van der Waals surface area contributed by atoms with Gasteiger partial charge in [-0.15, -0.1) is 0 Å². The Morgan fingerprint density at radius 2 is 1.79 bits per heavy atom. The standard InChI is InChI=1S/C13H16F3NO2/c1-18-10-7-8(12(17)4-3-5-12)6-9(11(10)19-2)13(14,15)16/h6-7H,3-5,17H2,1-2H3. The van der Waals surface area contributed by atoms with Crippen molar-refractivity contribution < 1.29 is 22.6 Å². The second kappa shape index (κ2) is 4.59. The molecule has 106 valence electrons. The molecule has 0 aromatic heterocycles. The van der Waals surface area contributed by atoms with Gasteiger partial charge in [-0.3, -0.25) is 0 Å². The van der Waals surface area contributed by atoms with Crippen LogP contribution < -0.4 is 15.2 Å². The Kier molecular flexibility index (Phi) is 3.38. The number of ether oxygens (including phenoxy) is 2. The lowest BCUT2D eigenvalue weighted by Gasteiger charge is -2.39. The van der Waals surface area contributed by atoms with E-state index in [-0.39, 0.29) is 11.5 Å². The summed E-state index contributed by atoms with van der Waals surface area (Å²) in [6.45, 7) is 0. The number of halogens is 3. The normalized spacial score (nSPS) is 17.8. The van der Waals surface area contributed by atoms with Gasteiger partial charge in [0, 0.05) is 5.54 Å². The van der Waals surface area contributed by atoms with E-state index in [9.17, 15) is 13.2 Å². The minimum atomic E-state index is -4.51. The molecule has 0 atom stereocenters. The molecule has 0 radical (unpaired) electrons. The highest BCUT2D eigenvalue weighted by Crippen LogP contribution is 2.47. The van der Waals surface area contributed by atoms with Crippen molar-refractivity contribution in [2.75, 3.05) is 14.2 Å². The van der Waals surface area contributed by atoms with Crippen molar-refractivity contribution in [3.05, 3.63) is 23.3 Å². The number of hydrogen-bond donors (Lipinski definition) is 1. The Bertz CT molecular complexity index is 482. The molecule has 6 heteroatoms. The summed E-state index contributed by atoms with van der Waals surface area (Å²) in [5.74, 6) is -0.245. The van der Waals surface area contributed by atoms with Gasteiger partial charge in [-0.25, -0.2) is 0 Å². The first-order valence-corrected chi connectivity index (χ1v) is 5.94. The van der Waals surface area contributed by atoms with Gasteiger partial charge in [0.25, 0.3) is 0 Å². The van der Waals surface area contributed by atoms with E-state index in [1.165, 1.54) is 20.3 Å². The topological polar surface area (TPSA) is 44.5 Å². The lowest BCUT2D eigenvalue weighted by molar-refractivity contribution is -0.139. The first kappa shape index (κ1) is 14.0. The third-order valence-electron chi connectivity index (χ3n) is 3.60. The van der Waals surface area contributed by atoms with Crippen molar-refractivity contribution in [2.24, 2.45) is 5.73 Å². The van der Waals surface area contributed by atoms with E-state index in [0.29, 0.717) is 18.4 Å². The molecule has 1 aromatic rings. The van der Waals surface area contributed by atoms with Crippen LogP contribution in [0.4, 0.5) is 13.2 Å². The fraction of sp³-hybridized carbons (Fsp3) is 0.538. The van der Waals surface area contributed by atoms with Gasteiger partial charge < -0.3 is 15.2 Å². The van der Waals surface area contributed by atoms with Gasteiger partial charge in [0.1, 0.15) is 5.56 Å². The minimum Gasteiger partial charge on any atom is -0.493 e. The van der Waals surface area contributed by atoms with Crippen LogP contribution in [-0.4, -0.2) is 14.2 Å². The predicted molar refractivity (Wildman–Crippen MR) is 64.3 cm³/mol. The van der Waals surface area contributed by atoms with Gasteiger partial charge in [-0.2, -0.15) is 13.2 Å². The molecule has 0 aliphatic heterocycles. The van der Waals surface area contributed by atoms with Gasteiger partial charge in [-0.05, 0) is 37.0 Å². The van der Waals surface area contributed by atoms with Crippen LogP contribution in [0.15, 0.2) is 12.1 Å². The maximum Gasteiger partial charge on any atom is 0.420 e. The molecule has 0 spiro atoms. The average molecular weight is 275 g/mol. The van der Waals surface area contributed by atoms with Gasteiger partial charge in [0.2, 0.25) is 0 Å². The second-order valence-corrected chi connectivity index (χ2v) is 4.77. The fourth-order valence-electron chi connectivity index (χ4n) is 2.31.